The third-order valence-electron chi connectivity index (χ3n) is 4.36. The lowest BCUT2D eigenvalue weighted by Crippen LogP contribution is -2.54. The smallest absolute Gasteiger partial charge is 0.226 e. The monoisotopic (exact) mass is 348 g/mol. The largest absolute Gasteiger partial charge is 0.297 e. The van der Waals surface area contributed by atoms with Crippen LogP contribution < -0.4 is 0 Å². The van der Waals surface area contributed by atoms with E-state index in [1.54, 1.807) is 0 Å². The van der Waals surface area contributed by atoms with Gasteiger partial charge in [-0.2, -0.15) is 5.10 Å². The molecule has 0 spiro atoms. The molecule has 3 rings (SSSR count). The maximum Gasteiger partial charge on any atom is 0.226 e. The number of carbonyl (C=O) groups excluding carboxylic acids is 1. The molecule has 1 aromatic carbocycles. The van der Waals surface area contributed by atoms with Gasteiger partial charge in [0.15, 0.2) is 11.6 Å². The molecule has 1 N–H and O–H groups in total. The van der Waals surface area contributed by atoms with E-state index in [0.717, 1.165) is 12.0 Å². The van der Waals surface area contributed by atoms with Crippen LogP contribution in [0, 0.1) is 0 Å². The molecule has 1 fully saturated rings. The highest BCUT2D eigenvalue weighted by atomic mass is 32.2. The van der Waals surface area contributed by atoms with Crippen LogP contribution in [0.15, 0.2) is 30.3 Å². The van der Waals surface area contributed by atoms with Crippen LogP contribution in [-0.4, -0.2) is 51.5 Å². The zero-order chi connectivity index (χ0) is 17.4. The first-order valence-electron chi connectivity index (χ1n) is 7.82. The summed E-state index contributed by atoms with van der Waals surface area (Å²) >= 11 is 0. The summed E-state index contributed by atoms with van der Waals surface area (Å²) in [5.41, 5.74) is 0.833. The van der Waals surface area contributed by atoms with Gasteiger partial charge in [-0.05, 0) is 20.3 Å². The van der Waals surface area contributed by atoms with Crippen LogP contribution in [0.3, 0.4) is 0 Å². The first kappa shape index (κ1) is 16.8. The fourth-order valence-electron chi connectivity index (χ4n) is 2.45. The second-order valence-electron chi connectivity index (χ2n) is 6.34. The summed E-state index contributed by atoms with van der Waals surface area (Å²) in [4.78, 5) is 16.9. The van der Waals surface area contributed by atoms with E-state index >= 15 is 0 Å². The van der Waals surface area contributed by atoms with E-state index < -0.39 is 20.6 Å². The van der Waals surface area contributed by atoms with E-state index in [2.05, 4.69) is 15.2 Å². The molecule has 0 atom stereocenters. The number of aromatic nitrogens is 3. The highest BCUT2D eigenvalue weighted by Gasteiger charge is 2.46. The number of H-pyrrole nitrogens is 1. The average Bonchev–Trinajstić information content (AvgIpc) is 2.94. The van der Waals surface area contributed by atoms with Crippen LogP contribution in [-0.2, 0) is 21.2 Å². The minimum Gasteiger partial charge on any atom is -0.297 e. The number of Topliss-reactive ketones (excluding diaryl/α,β-unsaturated/α-hetero) is 1. The van der Waals surface area contributed by atoms with Gasteiger partial charge in [-0.15, -0.1) is 0 Å². The molecule has 1 saturated heterocycles. The number of hydrogen-bond acceptors (Lipinski definition) is 5. The third-order valence-corrected chi connectivity index (χ3v) is 6.93. The summed E-state index contributed by atoms with van der Waals surface area (Å²) in [5, 5.41) is 6.82. The number of sulfonamides is 1. The predicted molar refractivity (Wildman–Crippen MR) is 89.7 cm³/mol. The maximum absolute atomic E-state index is 12.6. The van der Waals surface area contributed by atoms with Gasteiger partial charge in [0.1, 0.15) is 10.6 Å². The molecule has 0 aliphatic carbocycles. The second kappa shape index (κ2) is 6.10. The highest BCUT2D eigenvalue weighted by molar-refractivity contribution is 7.91. The number of ketones is 1. The van der Waals surface area contributed by atoms with Crippen molar-refractivity contribution >= 4 is 15.8 Å². The van der Waals surface area contributed by atoms with Crippen LogP contribution in [0.5, 0.6) is 0 Å². The Kier molecular flexibility index (Phi) is 4.27. The van der Waals surface area contributed by atoms with Crippen molar-refractivity contribution in [3.8, 4) is 11.4 Å². The molecular weight excluding hydrogens is 328 g/mol. The maximum atomic E-state index is 12.6. The van der Waals surface area contributed by atoms with E-state index in [1.807, 2.05) is 30.3 Å². The summed E-state index contributed by atoms with van der Waals surface area (Å²) in [6.45, 7) is 3.88. The fraction of sp³-hybridized carbons (Fsp3) is 0.438. The molecule has 0 saturated carbocycles. The van der Waals surface area contributed by atoms with E-state index in [1.165, 1.54) is 18.2 Å². The lowest BCUT2D eigenvalue weighted by Gasteiger charge is -2.36. The Balaban J connectivity index is 1.76. The van der Waals surface area contributed by atoms with E-state index in [4.69, 9.17) is 0 Å². The van der Waals surface area contributed by atoms with Crippen molar-refractivity contribution in [3.63, 3.8) is 0 Å². The molecule has 24 heavy (non-hydrogen) atoms. The quantitative estimate of drug-likeness (QED) is 0.851. The standard InChI is InChI=1S/C16H20N4O3S/c1-16(2,24(22,23)20-9-6-10-20)13(21)11-14-17-15(19-18-14)12-7-4-3-5-8-12/h3-5,7-8H,6,9-11H2,1-2H3,(H,17,18,19). The average molecular weight is 348 g/mol. The van der Waals surface area contributed by atoms with Crippen LogP contribution in [0.4, 0.5) is 0 Å². The lowest BCUT2D eigenvalue weighted by atomic mass is 10.1. The topological polar surface area (TPSA) is 96.0 Å². The number of aromatic amines is 1. The number of nitrogens with zero attached hydrogens (tertiary/aromatic N) is 3. The Morgan fingerprint density at radius 3 is 2.50 bits per heavy atom. The Bertz CT molecular complexity index is 839. The third kappa shape index (κ3) is 2.87. The molecule has 0 amide bonds. The van der Waals surface area contributed by atoms with Gasteiger partial charge in [0.2, 0.25) is 10.0 Å². The number of carbonyl (C=O) groups is 1. The van der Waals surface area contributed by atoms with Crippen molar-refractivity contribution < 1.29 is 13.2 Å². The molecule has 7 nitrogen and oxygen atoms in total. The molecule has 2 heterocycles. The molecule has 1 aliphatic heterocycles. The van der Waals surface area contributed by atoms with E-state index in [0.29, 0.717) is 24.7 Å². The number of hydrogen-bond donors (Lipinski definition) is 1. The van der Waals surface area contributed by atoms with Crippen molar-refractivity contribution in [2.45, 2.75) is 31.4 Å². The molecule has 0 unspecified atom stereocenters. The van der Waals surface area contributed by atoms with Gasteiger partial charge < -0.3 is 0 Å². The first-order valence-corrected chi connectivity index (χ1v) is 9.26. The van der Waals surface area contributed by atoms with E-state index in [9.17, 15) is 13.2 Å². The van der Waals surface area contributed by atoms with Gasteiger partial charge in [0, 0.05) is 18.7 Å². The van der Waals surface area contributed by atoms with Crippen LogP contribution >= 0.6 is 0 Å². The molecule has 1 aromatic heterocycles. The summed E-state index contributed by atoms with van der Waals surface area (Å²) < 4.78 is 25.0. The van der Waals surface area contributed by atoms with Gasteiger partial charge in [0.05, 0.1) is 6.42 Å². The lowest BCUT2D eigenvalue weighted by molar-refractivity contribution is -0.120. The minimum atomic E-state index is -3.64. The molecule has 128 valence electrons. The Morgan fingerprint density at radius 1 is 1.25 bits per heavy atom. The van der Waals surface area contributed by atoms with Crippen molar-refractivity contribution in [2.75, 3.05) is 13.1 Å². The van der Waals surface area contributed by atoms with Crippen LogP contribution in [0.2, 0.25) is 0 Å². The van der Waals surface area contributed by atoms with Crippen LogP contribution in [0.25, 0.3) is 11.4 Å². The van der Waals surface area contributed by atoms with Crippen LogP contribution in [0.1, 0.15) is 26.1 Å². The first-order chi connectivity index (χ1) is 11.3. The van der Waals surface area contributed by atoms with Gasteiger partial charge in [0.25, 0.3) is 0 Å². The molecule has 0 bridgehead atoms. The summed E-state index contributed by atoms with van der Waals surface area (Å²) in [5.74, 6) is 0.456. The highest BCUT2D eigenvalue weighted by Crippen LogP contribution is 2.27. The zero-order valence-electron chi connectivity index (χ0n) is 13.7. The Morgan fingerprint density at radius 2 is 1.92 bits per heavy atom. The molecule has 8 heteroatoms. The van der Waals surface area contributed by atoms with Crippen molar-refractivity contribution in [3.05, 3.63) is 36.2 Å². The normalized spacial score (nSPS) is 15.9. The number of benzene rings is 1. The van der Waals surface area contributed by atoms with Crippen molar-refractivity contribution in [1.82, 2.24) is 19.5 Å². The molecule has 2 aromatic rings. The van der Waals surface area contributed by atoms with Gasteiger partial charge in [-0.25, -0.2) is 17.7 Å². The zero-order valence-corrected chi connectivity index (χ0v) is 14.5. The van der Waals surface area contributed by atoms with Gasteiger partial charge in [-0.1, -0.05) is 30.3 Å². The number of nitrogens with one attached hydrogen (secondary N) is 1. The minimum absolute atomic E-state index is 0.0973. The second-order valence-corrected chi connectivity index (χ2v) is 8.83. The fourth-order valence-corrected chi connectivity index (χ4v) is 4.19. The van der Waals surface area contributed by atoms with Gasteiger partial charge >= 0.3 is 0 Å². The number of rotatable bonds is 6. The Labute approximate surface area is 141 Å². The summed E-state index contributed by atoms with van der Waals surface area (Å²) in [6.07, 6.45) is 0.742. The van der Waals surface area contributed by atoms with Crippen molar-refractivity contribution in [2.24, 2.45) is 0 Å². The summed E-state index contributed by atoms with van der Waals surface area (Å²) in [6, 6.07) is 9.38. The predicted octanol–water partition coefficient (Wildman–Crippen LogP) is 1.40. The van der Waals surface area contributed by atoms with Gasteiger partial charge in [-0.3, -0.25) is 9.89 Å². The molecular formula is C16H20N4O3S. The Hall–Kier alpha value is -2.06. The molecule has 1 aliphatic rings. The van der Waals surface area contributed by atoms with E-state index in [-0.39, 0.29) is 6.42 Å². The summed E-state index contributed by atoms with van der Waals surface area (Å²) in [7, 11) is -3.64. The SMILES string of the molecule is CC(C)(C(=O)Cc1nc(-c2ccccc2)n[nH]1)S(=O)(=O)N1CCC1. The van der Waals surface area contributed by atoms with Crippen molar-refractivity contribution in [1.29, 1.82) is 0 Å². The molecule has 0 radical (unpaired) electrons.